The van der Waals surface area contributed by atoms with E-state index in [1.807, 2.05) is 0 Å². The molecule has 8 heteroatoms. The van der Waals surface area contributed by atoms with Crippen molar-refractivity contribution < 1.29 is 24.0 Å². The van der Waals surface area contributed by atoms with E-state index in [-0.39, 0.29) is 17.2 Å². The predicted octanol–water partition coefficient (Wildman–Crippen LogP) is 1.13. The molecule has 8 nitrogen and oxygen atoms in total. The SMILES string of the molecule is COC(=O)c1cc2c(cc1[N+](=O)[O-])OC(C)C(=O)N2C. The number of rotatable bonds is 2. The van der Waals surface area contributed by atoms with Crippen LogP contribution in [0.5, 0.6) is 5.75 Å². The van der Waals surface area contributed by atoms with Crippen LogP contribution in [0.2, 0.25) is 0 Å². The van der Waals surface area contributed by atoms with E-state index in [4.69, 9.17) is 4.74 Å². The average molecular weight is 280 g/mol. The van der Waals surface area contributed by atoms with Gasteiger partial charge in [0.2, 0.25) is 0 Å². The second kappa shape index (κ2) is 4.80. The van der Waals surface area contributed by atoms with Crippen LogP contribution in [-0.2, 0) is 9.53 Å². The highest BCUT2D eigenvalue weighted by Gasteiger charge is 2.33. The number of nitrogens with zero attached hydrogens (tertiary/aromatic N) is 2. The molecule has 0 aliphatic carbocycles. The van der Waals surface area contributed by atoms with E-state index in [0.29, 0.717) is 5.69 Å². The van der Waals surface area contributed by atoms with Gasteiger partial charge in [0.15, 0.2) is 11.9 Å². The number of hydrogen-bond acceptors (Lipinski definition) is 6. The van der Waals surface area contributed by atoms with Gasteiger partial charge in [0.05, 0.1) is 23.8 Å². The van der Waals surface area contributed by atoms with Crippen LogP contribution in [0.15, 0.2) is 12.1 Å². The monoisotopic (exact) mass is 280 g/mol. The van der Waals surface area contributed by atoms with E-state index in [9.17, 15) is 19.7 Å². The lowest BCUT2D eigenvalue weighted by molar-refractivity contribution is -0.385. The summed E-state index contributed by atoms with van der Waals surface area (Å²) < 4.78 is 9.84. The number of hydrogen-bond donors (Lipinski definition) is 0. The van der Waals surface area contributed by atoms with Crippen molar-refractivity contribution in [1.29, 1.82) is 0 Å². The van der Waals surface area contributed by atoms with Gasteiger partial charge in [0.1, 0.15) is 5.56 Å². The van der Waals surface area contributed by atoms with E-state index >= 15 is 0 Å². The first-order chi connectivity index (χ1) is 9.36. The summed E-state index contributed by atoms with van der Waals surface area (Å²) in [5.74, 6) is -0.972. The van der Waals surface area contributed by atoms with Gasteiger partial charge in [0.25, 0.3) is 11.6 Å². The summed E-state index contributed by atoms with van der Waals surface area (Å²) in [4.78, 5) is 35.0. The molecule has 0 fully saturated rings. The Labute approximate surface area is 114 Å². The molecule has 1 aromatic rings. The van der Waals surface area contributed by atoms with Crippen LogP contribution in [0.1, 0.15) is 17.3 Å². The third kappa shape index (κ3) is 2.04. The molecule has 0 saturated heterocycles. The molecular weight excluding hydrogens is 268 g/mol. The number of nitro benzene ring substituents is 1. The lowest BCUT2D eigenvalue weighted by atomic mass is 10.1. The van der Waals surface area contributed by atoms with Gasteiger partial charge in [-0.25, -0.2) is 4.79 Å². The first kappa shape index (κ1) is 13.8. The maximum Gasteiger partial charge on any atom is 0.344 e. The van der Waals surface area contributed by atoms with E-state index in [2.05, 4.69) is 4.74 Å². The Hall–Kier alpha value is -2.64. The highest BCUT2D eigenvalue weighted by molar-refractivity contribution is 6.02. The number of likely N-dealkylation sites (N-methyl/N-ethyl adjacent to an activating group) is 1. The Morgan fingerprint density at radius 1 is 1.50 bits per heavy atom. The van der Waals surface area contributed by atoms with Crippen LogP contribution < -0.4 is 9.64 Å². The number of fused-ring (bicyclic) bond motifs is 1. The van der Waals surface area contributed by atoms with Crippen molar-refractivity contribution in [2.45, 2.75) is 13.0 Å². The molecule has 1 aromatic carbocycles. The average Bonchev–Trinajstić information content (AvgIpc) is 2.42. The molecule has 106 valence electrons. The van der Waals surface area contributed by atoms with Crippen molar-refractivity contribution in [2.24, 2.45) is 0 Å². The third-order valence-electron chi connectivity index (χ3n) is 3.02. The van der Waals surface area contributed by atoms with Gasteiger partial charge in [-0.15, -0.1) is 0 Å². The zero-order valence-corrected chi connectivity index (χ0v) is 11.1. The first-order valence-electron chi connectivity index (χ1n) is 5.71. The number of anilines is 1. The van der Waals surface area contributed by atoms with Crippen LogP contribution in [0.4, 0.5) is 11.4 Å². The molecule has 0 N–H and O–H groups in total. The largest absolute Gasteiger partial charge is 0.478 e. The van der Waals surface area contributed by atoms with Crippen molar-refractivity contribution in [2.75, 3.05) is 19.1 Å². The number of ether oxygens (including phenoxy) is 2. The zero-order chi connectivity index (χ0) is 15.0. The molecule has 2 rings (SSSR count). The number of methoxy groups -OCH3 is 1. The fraction of sp³-hybridized carbons (Fsp3) is 0.333. The Morgan fingerprint density at radius 2 is 2.15 bits per heavy atom. The summed E-state index contributed by atoms with van der Waals surface area (Å²) in [5.41, 5.74) is -0.362. The quantitative estimate of drug-likeness (QED) is 0.457. The third-order valence-corrected chi connectivity index (χ3v) is 3.02. The molecule has 0 spiro atoms. The Morgan fingerprint density at radius 3 is 2.70 bits per heavy atom. The molecule has 1 heterocycles. The normalized spacial score (nSPS) is 17.2. The smallest absolute Gasteiger partial charge is 0.344 e. The van der Waals surface area contributed by atoms with E-state index in [1.54, 1.807) is 6.92 Å². The molecule has 0 saturated carbocycles. The lowest BCUT2D eigenvalue weighted by Crippen LogP contribution is -2.42. The number of esters is 1. The van der Waals surface area contributed by atoms with Crippen molar-refractivity contribution in [3.8, 4) is 5.75 Å². The zero-order valence-electron chi connectivity index (χ0n) is 11.1. The Balaban J connectivity index is 2.65. The molecule has 0 aromatic heterocycles. The van der Waals surface area contributed by atoms with Gasteiger partial charge in [0, 0.05) is 7.05 Å². The van der Waals surface area contributed by atoms with Crippen LogP contribution in [0.3, 0.4) is 0 Å². The summed E-state index contributed by atoms with van der Waals surface area (Å²) in [6.07, 6.45) is -0.740. The van der Waals surface area contributed by atoms with Crippen LogP contribution in [0.25, 0.3) is 0 Å². The molecule has 1 atom stereocenters. The standard InChI is InChI=1S/C12H12N2O6/c1-6-11(15)13(2)9-4-7(12(16)19-3)8(14(17)18)5-10(9)20-6/h4-6H,1-3H3. The van der Waals surface area contributed by atoms with Gasteiger partial charge < -0.3 is 14.4 Å². The van der Waals surface area contributed by atoms with Crippen molar-refractivity contribution >= 4 is 23.3 Å². The number of carbonyl (C=O) groups is 2. The summed E-state index contributed by atoms with van der Waals surface area (Å²) in [6, 6.07) is 2.35. The predicted molar refractivity (Wildman–Crippen MR) is 67.9 cm³/mol. The number of amides is 1. The van der Waals surface area contributed by atoms with Gasteiger partial charge in [-0.3, -0.25) is 14.9 Å². The molecule has 0 radical (unpaired) electrons. The summed E-state index contributed by atoms with van der Waals surface area (Å²) in [6.45, 7) is 1.54. The highest BCUT2D eigenvalue weighted by atomic mass is 16.6. The fourth-order valence-corrected chi connectivity index (χ4v) is 1.97. The molecule has 20 heavy (non-hydrogen) atoms. The summed E-state index contributed by atoms with van der Waals surface area (Å²) in [5, 5.41) is 11.0. The molecule has 0 bridgehead atoms. The van der Waals surface area contributed by atoms with E-state index in [0.717, 1.165) is 13.2 Å². The van der Waals surface area contributed by atoms with Gasteiger partial charge in [-0.2, -0.15) is 0 Å². The topological polar surface area (TPSA) is 99.0 Å². The van der Waals surface area contributed by atoms with Crippen molar-refractivity contribution in [3.63, 3.8) is 0 Å². The summed E-state index contributed by atoms with van der Waals surface area (Å²) >= 11 is 0. The fourth-order valence-electron chi connectivity index (χ4n) is 1.97. The number of carbonyl (C=O) groups excluding carboxylic acids is 2. The Bertz CT molecular complexity index is 612. The second-order valence-corrected chi connectivity index (χ2v) is 4.24. The molecule has 1 aliphatic heterocycles. The number of nitro groups is 1. The van der Waals surface area contributed by atoms with Crippen molar-refractivity contribution in [1.82, 2.24) is 0 Å². The van der Waals surface area contributed by atoms with Gasteiger partial charge >= 0.3 is 5.97 Å². The van der Waals surface area contributed by atoms with Crippen LogP contribution >= 0.6 is 0 Å². The highest BCUT2D eigenvalue weighted by Crippen LogP contribution is 2.38. The molecule has 1 unspecified atom stereocenters. The first-order valence-corrected chi connectivity index (χ1v) is 5.71. The second-order valence-electron chi connectivity index (χ2n) is 4.24. The Kier molecular flexibility index (Phi) is 3.31. The van der Waals surface area contributed by atoms with E-state index in [1.165, 1.54) is 18.0 Å². The van der Waals surface area contributed by atoms with E-state index < -0.39 is 22.7 Å². The molecule has 1 amide bonds. The maximum atomic E-state index is 11.8. The minimum absolute atomic E-state index is 0.180. The lowest BCUT2D eigenvalue weighted by Gasteiger charge is -2.30. The minimum Gasteiger partial charge on any atom is -0.478 e. The van der Waals surface area contributed by atoms with Gasteiger partial charge in [-0.05, 0) is 13.0 Å². The minimum atomic E-state index is -0.848. The molecular formula is C12H12N2O6. The molecule has 1 aliphatic rings. The van der Waals surface area contributed by atoms with Gasteiger partial charge in [-0.1, -0.05) is 0 Å². The van der Waals surface area contributed by atoms with Crippen LogP contribution in [0, 0.1) is 10.1 Å². The van der Waals surface area contributed by atoms with Crippen molar-refractivity contribution in [3.05, 3.63) is 27.8 Å². The number of benzene rings is 1. The summed E-state index contributed by atoms with van der Waals surface area (Å²) in [7, 11) is 2.63. The van der Waals surface area contributed by atoms with Crippen LogP contribution in [-0.4, -0.2) is 37.1 Å². The maximum absolute atomic E-state index is 11.8.